The monoisotopic (exact) mass is 425 g/mol. The highest BCUT2D eigenvalue weighted by atomic mass is 35.5. The number of benzene rings is 1. The van der Waals surface area contributed by atoms with Crippen LogP contribution in [0.1, 0.15) is 33.1 Å². The summed E-state index contributed by atoms with van der Waals surface area (Å²) in [6, 6.07) is 5.87. The molecule has 0 aromatic heterocycles. The van der Waals surface area contributed by atoms with E-state index in [0.29, 0.717) is 25.7 Å². The van der Waals surface area contributed by atoms with Gasteiger partial charge < -0.3 is 5.32 Å². The molecule has 1 aromatic rings. The lowest BCUT2D eigenvalue weighted by Gasteiger charge is -2.19. The van der Waals surface area contributed by atoms with Crippen LogP contribution in [0.3, 0.4) is 0 Å². The van der Waals surface area contributed by atoms with Crippen LogP contribution in [0.4, 0.5) is 0 Å². The van der Waals surface area contributed by atoms with Gasteiger partial charge in [-0.3, -0.25) is 0 Å². The third kappa shape index (κ3) is 5.64. The minimum absolute atomic E-state index is 0. The van der Waals surface area contributed by atoms with Gasteiger partial charge in [0.05, 0.1) is 9.79 Å². The first-order valence-electron chi connectivity index (χ1n) is 8.64. The van der Waals surface area contributed by atoms with Gasteiger partial charge in [-0.15, -0.1) is 12.4 Å². The Morgan fingerprint density at radius 2 is 1.81 bits per heavy atom. The molecule has 2 rings (SSSR count). The van der Waals surface area contributed by atoms with Crippen LogP contribution in [0.2, 0.25) is 0 Å². The molecule has 0 saturated carbocycles. The molecule has 0 unspecified atom stereocenters. The first-order valence-corrected chi connectivity index (χ1v) is 11.6. The average molecular weight is 426 g/mol. The summed E-state index contributed by atoms with van der Waals surface area (Å²) in [4.78, 5) is -0.0309. The number of nitrogens with zero attached hydrogens (tertiary/aromatic N) is 1. The zero-order chi connectivity index (χ0) is 18.5. The summed E-state index contributed by atoms with van der Waals surface area (Å²) >= 11 is 0. The van der Waals surface area contributed by atoms with Crippen LogP contribution in [0.15, 0.2) is 34.1 Å². The van der Waals surface area contributed by atoms with Crippen molar-refractivity contribution in [3.05, 3.63) is 24.3 Å². The number of sulfonamides is 2. The van der Waals surface area contributed by atoms with Crippen molar-refractivity contribution < 1.29 is 16.8 Å². The fourth-order valence-electron chi connectivity index (χ4n) is 2.97. The summed E-state index contributed by atoms with van der Waals surface area (Å²) in [5, 5.41) is 3.32. The highest BCUT2D eigenvalue weighted by molar-refractivity contribution is 7.90. The second kappa shape index (κ2) is 10.0. The standard InChI is InChI=1S/C16H27N3O4S2.ClH/c1-3-19(4-2)25(22,23)16-9-5-8-15(13-16)24(20,21)18-12-10-14-7-6-11-17-14;/h5,8-9,13-14,17-18H,3-4,6-7,10-12H2,1-2H3;1H/t14-;/m1./s1. The molecule has 0 amide bonds. The molecule has 7 nitrogen and oxygen atoms in total. The Labute approximate surface area is 163 Å². The summed E-state index contributed by atoms with van der Waals surface area (Å²) in [5.74, 6) is 0. The van der Waals surface area contributed by atoms with Crippen LogP contribution in [-0.2, 0) is 20.0 Å². The van der Waals surface area contributed by atoms with Gasteiger partial charge in [0.2, 0.25) is 20.0 Å². The number of halogens is 1. The molecular formula is C16H28ClN3O4S2. The van der Waals surface area contributed by atoms with Gasteiger partial charge in [-0.2, -0.15) is 4.31 Å². The molecule has 1 aliphatic heterocycles. The lowest BCUT2D eigenvalue weighted by molar-refractivity contribution is 0.445. The van der Waals surface area contributed by atoms with Gasteiger partial charge in [-0.25, -0.2) is 21.6 Å². The third-order valence-electron chi connectivity index (χ3n) is 4.41. The van der Waals surface area contributed by atoms with Gasteiger partial charge in [0, 0.05) is 25.7 Å². The molecule has 150 valence electrons. The van der Waals surface area contributed by atoms with E-state index >= 15 is 0 Å². The zero-order valence-corrected chi connectivity index (χ0v) is 17.6. The minimum atomic E-state index is -3.73. The van der Waals surface area contributed by atoms with Crippen LogP contribution in [-0.4, -0.2) is 53.4 Å². The van der Waals surface area contributed by atoms with Crippen LogP contribution < -0.4 is 10.0 Å². The highest BCUT2D eigenvalue weighted by Crippen LogP contribution is 2.19. The van der Waals surface area contributed by atoms with Crippen molar-refractivity contribution in [2.75, 3.05) is 26.2 Å². The molecule has 1 fully saturated rings. The Bertz CT molecular complexity index is 774. The molecule has 1 saturated heterocycles. The third-order valence-corrected chi connectivity index (χ3v) is 7.91. The maximum absolute atomic E-state index is 12.6. The van der Waals surface area contributed by atoms with E-state index in [9.17, 15) is 16.8 Å². The predicted molar refractivity (Wildman–Crippen MR) is 105 cm³/mol. The molecule has 1 aliphatic rings. The fraction of sp³-hybridized carbons (Fsp3) is 0.625. The molecule has 2 N–H and O–H groups in total. The van der Waals surface area contributed by atoms with Crippen molar-refractivity contribution in [1.82, 2.24) is 14.3 Å². The SMILES string of the molecule is CCN(CC)S(=O)(=O)c1cccc(S(=O)(=O)NCC[C@H]2CCCN2)c1.Cl. The summed E-state index contributed by atoms with van der Waals surface area (Å²) in [6.07, 6.45) is 2.89. The first kappa shape index (κ1) is 23.3. The van der Waals surface area contributed by atoms with Crippen molar-refractivity contribution >= 4 is 32.5 Å². The molecule has 10 heteroatoms. The van der Waals surface area contributed by atoms with Crippen molar-refractivity contribution in [3.8, 4) is 0 Å². The summed E-state index contributed by atoms with van der Waals surface area (Å²) in [7, 11) is -7.42. The average Bonchev–Trinajstić information content (AvgIpc) is 3.09. The fourth-order valence-corrected chi connectivity index (χ4v) is 5.64. The lowest BCUT2D eigenvalue weighted by Crippen LogP contribution is -2.32. The minimum Gasteiger partial charge on any atom is -0.314 e. The van der Waals surface area contributed by atoms with E-state index in [1.54, 1.807) is 13.8 Å². The van der Waals surface area contributed by atoms with Gasteiger partial charge in [-0.1, -0.05) is 19.9 Å². The molecule has 1 atom stereocenters. The van der Waals surface area contributed by atoms with Gasteiger partial charge >= 0.3 is 0 Å². The van der Waals surface area contributed by atoms with Crippen molar-refractivity contribution in [2.24, 2.45) is 0 Å². The Morgan fingerprint density at radius 3 is 2.38 bits per heavy atom. The van der Waals surface area contributed by atoms with Crippen LogP contribution in [0, 0.1) is 0 Å². The summed E-state index contributed by atoms with van der Waals surface area (Å²) < 4.78 is 53.9. The van der Waals surface area contributed by atoms with Gasteiger partial charge in [0.25, 0.3) is 0 Å². The van der Waals surface area contributed by atoms with Gasteiger partial charge in [0.15, 0.2) is 0 Å². The van der Waals surface area contributed by atoms with Crippen LogP contribution in [0.25, 0.3) is 0 Å². The molecule has 0 radical (unpaired) electrons. The first-order chi connectivity index (χ1) is 11.8. The Kier molecular flexibility index (Phi) is 8.98. The molecular weight excluding hydrogens is 398 g/mol. The quantitative estimate of drug-likeness (QED) is 0.626. The topological polar surface area (TPSA) is 95.6 Å². The normalized spacial score (nSPS) is 18.0. The van der Waals surface area contributed by atoms with E-state index in [2.05, 4.69) is 10.0 Å². The molecule has 1 heterocycles. The highest BCUT2D eigenvalue weighted by Gasteiger charge is 2.24. The number of hydrogen-bond acceptors (Lipinski definition) is 5. The molecule has 0 bridgehead atoms. The Hall–Kier alpha value is -0.710. The van der Waals surface area contributed by atoms with E-state index in [1.165, 1.54) is 28.6 Å². The summed E-state index contributed by atoms with van der Waals surface area (Å²) in [5.41, 5.74) is 0. The number of hydrogen-bond donors (Lipinski definition) is 2. The molecule has 1 aromatic carbocycles. The van der Waals surface area contributed by atoms with Crippen LogP contribution in [0.5, 0.6) is 0 Å². The van der Waals surface area contributed by atoms with Crippen molar-refractivity contribution in [3.63, 3.8) is 0 Å². The van der Waals surface area contributed by atoms with Crippen molar-refractivity contribution in [2.45, 2.75) is 48.9 Å². The second-order valence-corrected chi connectivity index (χ2v) is 9.75. The Morgan fingerprint density at radius 1 is 1.15 bits per heavy atom. The van der Waals surface area contributed by atoms with Gasteiger partial charge in [-0.05, 0) is 44.0 Å². The van der Waals surface area contributed by atoms with Crippen LogP contribution >= 0.6 is 12.4 Å². The summed E-state index contributed by atoms with van der Waals surface area (Å²) in [6.45, 7) is 5.47. The zero-order valence-electron chi connectivity index (χ0n) is 15.1. The maximum Gasteiger partial charge on any atom is 0.243 e. The smallest absolute Gasteiger partial charge is 0.243 e. The van der Waals surface area contributed by atoms with E-state index in [1.807, 2.05) is 0 Å². The predicted octanol–water partition coefficient (Wildman–Crippen LogP) is 1.56. The Balaban J connectivity index is 0.00000338. The van der Waals surface area contributed by atoms with E-state index in [0.717, 1.165) is 25.8 Å². The van der Waals surface area contributed by atoms with Crippen molar-refractivity contribution in [1.29, 1.82) is 0 Å². The second-order valence-electron chi connectivity index (χ2n) is 6.04. The molecule has 0 spiro atoms. The van der Waals surface area contributed by atoms with Gasteiger partial charge in [0.1, 0.15) is 0 Å². The lowest BCUT2D eigenvalue weighted by atomic mass is 10.2. The maximum atomic E-state index is 12.6. The largest absolute Gasteiger partial charge is 0.314 e. The van der Waals surface area contributed by atoms with E-state index in [-0.39, 0.29) is 22.2 Å². The number of nitrogens with one attached hydrogen (secondary N) is 2. The molecule has 0 aliphatic carbocycles. The molecule has 26 heavy (non-hydrogen) atoms. The van der Waals surface area contributed by atoms with E-state index in [4.69, 9.17) is 0 Å². The van der Waals surface area contributed by atoms with E-state index < -0.39 is 20.0 Å². The number of rotatable bonds is 9.